The number of aromatic amines is 1. The summed E-state index contributed by atoms with van der Waals surface area (Å²) in [7, 11) is 0. The molecule has 8 nitrogen and oxygen atoms in total. The lowest BCUT2D eigenvalue weighted by molar-refractivity contribution is 0.298. The molecule has 2 aromatic heterocycles. The summed E-state index contributed by atoms with van der Waals surface area (Å²) in [6, 6.07) is 11.9. The third-order valence-corrected chi connectivity index (χ3v) is 4.10. The molecule has 0 atom stereocenters. The number of nitrogens with one attached hydrogen (secondary N) is 3. The molecule has 0 aliphatic carbocycles. The number of phenols is 1. The summed E-state index contributed by atoms with van der Waals surface area (Å²) in [4.78, 5) is 8.09. The third-order valence-electron chi connectivity index (χ3n) is 4.10. The number of aliphatic hydroxyl groups is 1. The van der Waals surface area contributed by atoms with E-state index in [4.69, 9.17) is 5.11 Å². The first-order valence-electron chi connectivity index (χ1n) is 8.56. The average Bonchev–Trinajstić information content (AvgIpc) is 3.07. The number of aromatic nitrogens is 4. The van der Waals surface area contributed by atoms with Crippen molar-refractivity contribution < 1.29 is 14.6 Å². The number of aliphatic hydroxyl groups excluding tert-OH is 1. The molecule has 28 heavy (non-hydrogen) atoms. The van der Waals surface area contributed by atoms with Crippen molar-refractivity contribution in [2.45, 2.75) is 6.42 Å². The fourth-order valence-corrected chi connectivity index (χ4v) is 2.81. The van der Waals surface area contributed by atoms with E-state index in [1.165, 1.54) is 6.07 Å². The molecule has 4 aromatic rings. The largest absolute Gasteiger partial charge is 0.508 e. The Morgan fingerprint density at radius 3 is 2.75 bits per heavy atom. The Hall–Kier alpha value is -3.72. The van der Waals surface area contributed by atoms with Crippen molar-refractivity contribution in [3.8, 4) is 5.75 Å². The maximum atomic E-state index is 14.2. The van der Waals surface area contributed by atoms with Crippen molar-refractivity contribution in [1.29, 1.82) is 0 Å². The number of aromatic hydroxyl groups is 1. The van der Waals surface area contributed by atoms with Gasteiger partial charge in [0.05, 0.1) is 17.4 Å². The highest BCUT2D eigenvalue weighted by Crippen LogP contribution is 2.25. The van der Waals surface area contributed by atoms with Crippen molar-refractivity contribution in [3.63, 3.8) is 0 Å². The number of fused-ring (bicyclic) bond motifs is 1. The van der Waals surface area contributed by atoms with Gasteiger partial charge in [-0.2, -0.15) is 10.1 Å². The van der Waals surface area contributed by atoms with Crippen molar-refractivity contribution >= 4 is 34.0 Å². The molecule has 0 radical (unpaired) electrons. The minimum atomic E-state index is -0.607. The standard InChI is InChI=1S/C19H17FN6O2/c20-15-10-21-19(23-11-2-1-3-13(28)8-11)24-18(15)22-12-4-5-16-14(9-12)17(6-7-27)26-25-16/h1-5,8-10,27-28H,6-7H2,(H,25,26)(H2,21,22,23,24). The number of halogens is 1. The second-order valence-electron chi connectivity index (χ2n) is 6.09. The molecule has 4 rings (SSSR count). The number of nitrogens with zero attached hydrogens (tertiary/aromatic N) is 3. The first-order chi connectivity index (χ1) is 13.6. The van der Waals surface area contributed by atoms with Crippen LogP contribution in [0.5, 0.6) is 5.75 Å². The summed E-state index contributed by atoms with van der Waals surface area (Å²) in [6.45, 7) is -0.0117. The van der Waals surface area contributed by atoms with Crippen molar-refractivity contribution in [2.75, 3.05) is 17.2 Å². The van der Waals surface area contributed by atoms with E-state index in [2.05, 4.69) is 30.8 Å². The Bertz CT molecular complexity index is 1130. The van der Waals surface area contributed by atoms with Crippen LogP contribution in [-0.4, -0.2) is 37.0 Å². The van der Waals surface area contributed by atoms with Crippen LogP contribution in [0.4, 0.5) is 27.5 Å². The van der Waals surface area contributed by atoms with E-state index in [0.717, 1.165) is 22.8 Å². The average molecular weight is 380 g/mol. The smallest absolute Gasteiger partial charge is 0.229 e. The predicted octanol–water partition coefficient (Wildman–Crippen LogP) is 3.22. The van der Waals surface area contributed by atoms with Gasteiger partial charge in [-0.3, -0.25) is 5.10 Å². The molecule has 2 heterocycles. The van der Waals surface area contributed by atoms with Crippen molar-refractivity contribution in [2.24, 2.45) is 0 Å². The Morgan fingerprint density at radius 1 is 1.07 bits per heavy atom. The van der Waals surface area contributed by atoms with Crippen LogP contribution in [0, 0.1) is 5.82 Å². The van der Waals surface area contributed by atoms with Gasteiger partial charge in [0.25, 0.3) is 0 Å². The Balaban J connectivity index is 1.60. The molecule has 0 amide bonds. The maximum Gasteiger partial charge on any atom is 0.229 e. The zero-order chi connectivity index (χ0) is 19.5. The molecule has 0 saturated heterocycles. The molecule has 0 spiro atoms. The van der Waals surface area contributed by atoms with Crippen molar-refractivity contribution in [1.82, 2.24) is 20.2 Å². The lowest BCUT2D eigenvalue weighted by atomic mass is 10.1. The second kappa shape index (κ2) is 7.49. The molecule has 142 valence electrons. The molecule has 0 aliphatic heterocycles. The summed E-state index contributed by atoms with van der Waals surface area (Å²) in [5.41, 5.74) is 2.75. The topological polar surface area (TPSA) is 119 Å². The number of anilines is 4. The van der Waals surface area contributed by atoms with Crippen LogP contribution in [0.15, 0.2) is 48.7 Å². The van der Waals surface area contributed by atoms with Crippen LogP contribution in [-0.2, 0) is 6.42 Å². The lowest BCUT2D eigenvalue weighted by Gasteiger charge is -2.10. The summed E-state index contributed by atoms with van der Waals surface area (Å²) in [5, 5.41) is 32.5. The molecule has 2 aromatic carbocycles. The van der Waals surface area contributed by atoms with Gasteiger partial charge < -0.3 is 20.8 Å². The van der Waals surface area contributed by atoms with Crippen LogP contribution >= 0.6 is 0 Å². The van der Waals surface area contributed by atoms with E-state index in [1.807, 2.05) is 12.1 Å². The monoisotopic (exact) mass is 380 g/mol. The highest BCUT2D eigenvalue weighted by molar-refractivity contribution is 5.85. The first kappa shape index (κ1) is 17.7. The van der Waals surface area contributed by atoms with Gasteiger partial charge in [-0.1, -0.05) is 6.07 Å². The third kappa shape index (κ3) is 3.69. The van der Waals surface area contributed by atoms with Crippen molar-refractivity contribution in [3.05, 3.63) is 60.2 Å². The molecule has 0 unspecified atom stereocenters. The van der Waals surface area contributed by atoms with E-state index in [1.54, 1.807) is 24.3 Å². The van der Waals surface area contributed by atoms with Gasteiger partial charge >= 0.3 is 0 Å². The SMILES string of the molecule is OCCc1n[nH]c2ccc(Nc3nc(Nc4cccc(O)c4)ncc3F)cc12. The van der Waals surface area contributed by atoms with Gasteiger partial charge in [-0.05, 0) is 30.3 Å². The normalized spacial score (nSPS) is 10.9. The van der Waals surface area contributed by atoms with Gasteiger partial charge in [0.2, 0.25) is 5.95 Å². The number of hydrogen-bond donors (Lipinski definition) is 5. The minimum absolute atomic E-state index is 0.00389. The number of benzene rings is 2. The van der Waals surface area contributed by atoms with E-state index in [9.17, 15) is 9.50 Å². The van der Waals surface area contributed by atoms with E-state index < -0.39 is 5.82 Å². The molecular weight excluding hydrogens is 363 g/mol. The molecule has 0 fully saturated rings. The maximum absolute atomic E-state index is 14.2. The van der Waals surface area contributed by atoms with Gasteiger partial charge in [-0.15, -0.1) is 0 Å². The molecular formula is C19H17FN6O2. The van der Waals surface area contributed by atoms with E-state index in [0.29, 0.717) is 17.8 Å². The van der Waals surface area contributed by atoms with Gasteiger partial charge in [0.1, 0.15) is 5.75 Å². The Morgan fingerprint density at radius 2 is 1.93 bits per heavy atom. The van der Waals surface area contributed by atoms with Crippen LogP contribution in [0.25, 0.3) is 10.9 Å². The highest BCUT2D eigenvalue weighted by Gasteiger charge is 2.10. The summed E-state index contributed by atoms with van der Waals surface area (Å²) >= 11 is 0. The van der Waals surface area contributed by atoms with Crippen LogP contribution in [0.1, 0.15) is 5.69 Å². The van der Waals surface area contributed by atoms with Gasteiger partial charge in [0.15, 0.2) is 11.6 Å². The van der Waals surface area contributed by atoms with Crippen LogP contribution in [0.3, 0.4) is 0 Å². The Labute approximate surface area is 159 Å². The number of phenolic OH excluding ortho intramolecular Hbond substituents is 1. The molecule has 0 saturated carbocycles. The van der Waals surface area contributed by atoms with Gasteiger partial charge in [-0.25, -0.2) is 9.37 Å². The Kier molecular flexibility index (Phi) is 4.73. The number of H-pyrrole nitrogens is 1. The van der Waals surface area contributed by atoms with Gasteiger partial charge in [0, 0.05) is 35.9 Å². The fraction of sp³-hybridized carbons (Fsp3) is 0.105. The number of rotatable bonds is 6. The molecule has 0 bridgehead atoms. The van der Waals surface area contributed by atoms with E-state index >= 15 is 0 Å². The summed E-state index contributed by atoms with van der Waals surface area (Å²) in [6.07, 6.45) is 1.48. The molecule has 9 heteroatoms. The van der Waals surface area contributed by atoms with Crippen LogP contribution in [0.2, 0.25) is 0 Å². The van der Waals surface area contributed by atoms with E-state index in [-0.39, 0.29) is 24.1 Å². The van der Waals surface area contributed by atoms with Crippen LogP contribution < -0.4 is 10.6 Å². The summed E-state index contributed by atoms with van der Waals surface area (Å²) in [5.74, 6) is -0.328. The quantitative estimate of drug-likeness (QED) is 0.348. The molecule has 0 aliphatic rings. The summed E-state index contributed by atoms with van der Waals surface area (Å²) < 4.78 is 14.2. The lowest BCUT2D eigenvalue weighted by Crippen LogP contribution is -2.03. The second-order valence-corrected chi connectivity index (χ2v) is 6.09. The zero-order valence-electron chi connectivity index (χ0n) is 14.6. The zero-order valence-corrected chi connectivity index (χ0v) is 14.6. The highest BCUT2D eigenvalue weighted by atomic mass is 19.1. The molecule has 5 N–H and O–H groups in total. The minimum Gasteiger partial charge on any atom is -0.508 e. The predicted molar refractivity (Wildman–Crippen MR) is 104 cm³/mol. The number of hydrogen-bond acceptors (Lipinski definition) is 7. The first-order valence-corrected chi connectivity index (χ1v) is 8.56. The fourth-order valence-electron chi connectivity index (χ4n) is 2.81.